The fourth-order valence-electron chi connectivity index (χ4n) is 2.22. The Balaban J connectivity index is 0.000000397. The van der Waals surface area contributed by atoms with Crippen molar-refractivity contribution >= 4 is 29.2 Å². The van der Waals surface area contributed by atoms with Gasteiger partial charge in [-0.3, -0.25) is 0 Å². The highest BCUT2D eigenvalue weighted by molar-refractivity contribution is 6.33. The van der Waals surface area contributed by atoms with Gasteiger partial charge in [0.2, 0.25) is 0 Å². The van der Waals surface area contributed by atoms with Crippen molar-refractivity contribution in [3.05, 3.63) is 63.7 Å². The van der Waals surface area contributed by atoms with Crippen LogP contribution in [0.15, 0.2) is 36.4 Å². The number of alkyl halides is 11. The number of anilines is 1. The van der Waals surface area contributed by atoms with Crippen LogP contribution in [0.5, 0.6) is 0 Å². The molecular formula is C19H11ClF11NO4. The summed E-state index contributed by atoms with van der Waals surface area (Å²) < 4.78 is 135. The average Bonchev–Trinajstić information content (AvgIpc) is 2.70. The maximum atomic E-state index is 12.7. The fourth-order valence-corrected chi connectivity index (χ4v) is 2.42. The lowest BCUT2D eigenvalue weighted by Gasteiger charge is -2.21. The zero-order valence-electron chi connectivity index (χ0n) is 16.9. The second-order valence-electron chi connectivity index (χ2n) is 6.62. The molecule has 36 heavy (non-hydrogen) atoms. The third kappa shape index (κ3) is 8.13. The predicted octanol–water partition coefficient (Wildman–Crippen LogP) is 7.07. The van der Waals surface area contributed by atoms with E-state index in [4.69, 9.17) is 21.8 Å². The Labute approximate surface area is 198 Å². The van der Waals surface area contributed by atoms with Crippen LogP contribution in [0.1, 0.15) is 31.8 Å². The van der Waals surface area contributed by atoms with Crippen LogP contribution in [0.2, 0.25) is 5.02 Å². The molecule has 2 aromatic rings. The number of carbonyl (C=O) groups is 2. The lowest BCUT2D eigenvalue weighted by atomic mass is 10.1. The summed E-state index contributed by atoms with van der Waals surface area (Å²) >= 11 is 5.39. The van der Waals surface area contributed by atoms with Gasteiger partial charge in [0.25, 0.3) is 0 Å². The summed E-state index contributed by atoms with van der Waals surface area (Å²) in [5.74, 6) is -8.57. The summed E-state index contributed by atoms with van der Waals surface area (Å²) in [4.78, 5) is 21.3. The Morgan fingerprint density at radius 3 is 1.53 bits per heavy atom. The van der Waals surface area contributed by atoms with Gasteiger partial charge in [0.1, 0.15) is 0 Å². The van der Waals surface area contributed by atoms with Crippen LogP contribution in [0.4, 0.5) is 54.0 Å². The first-order chi connectivity index (χ1) is 16.1. The number of hydrogen-bond donors (Lipinski definition) is 3. The summed E-state index contributed by atoms with van der Waals surface area (Å²) in [7, 11) is 0. The Hall–Kier alpha value is -3.30. The predicted molar refractivity (Wildman–Crippen MR) is 101 cm³/mol. The van der Waals surface area contributed by atoms with Crippen LogP contribution >= 0.6 is 11.6 Å². The molecule has 0 aliphatic rings. The van der Waals surface area contributed by atoms with E-state index in [0.29, 0.717) is 18.2 Å². The molecule has 0 radical (unpaired) electrons. The van der Waals surface area contributed by atoms with Gasteiger partial charge < -0.3 is 15.5 Å². The Morgan fingerprint density at radius 2 is 1.14 bits per heavy atom. The van der Waals surface area contributed by atoms with E-state index in [-0.39, 0.29) is 11.1 Å². The number of carboxylic acids is 2. The molecule has 0 atom stereocenters. The Morgan fingerprint density at radius 1 is 0.722 bits per heavy atom. The number of nitrogens with one attached hydrogen (secondary N) is 1. The van der Waals surface area contributed by atoms with Crippen molar-refractivity contribution in [2.45, 2.75) is 24.5 Å². The first-order valence-corrected chi connectivity index (χ1v) is 9.18. The summed E-state index contributed by atoms with van der Waals surface area (Å²) in [6, 6.07) is 3.11. The highest BCUT2D eigenvalue weighted by Crippen LogP contribution is 2.37. The van der Waals surface area contributed by atoms with Gasteiger partial charge in [0, 0.05) is 5.69 Å². The van der Waals surface area contributed by atoms with Crippen molar-refractivity contribution in [1.82, 2.24) is 0 Å². The molecule has 0 unspecified atom stereocenters. The third-order valence-electron chi connectivity index (χ3n) is 4.02. The summed E-state index contributed by atoms with van der Waals surface area (Å²) in [6.07, 6.45) is -15.3. The lowest BCUT2D eigenvalue weighted by Crippen LogP contribution is -2.42. The van der Waals surface area contributed by atoms with Crippen molar-refractivity contribution in [1.29, 1.82) is 0 Å². The zero-order chi connectivity index (χ0) is 28.3. The number of hydrogen-bond acceptors (Lipinski definition) is 3. The van der Waals surface area contributed by atoms with Gasteiger partial charge in [-0.15, -0.1) is 0 Å². The molecule has 0 aliphatic heterocycles. The van der Waals surface area contributed by atoms with Gasteiger partial charge in [0.05, 0.1) is 33.8 Å². The molecule has 5 nitrogen and oxygen atoms in total. The Kier molecular flexibility index (Phi) is 9.18. The van der Waals surface area contributed by atoms with Crippen LogP contribution in [0, 0.1) is 0 Å². The van der Waals surface area contributed by atoms with Gasteiger partial charge in [0.15, 0.2) is 0 Å². The van der Waals surface area contributed by atoms with E-state index >= 15 is 0 Å². The maximum Gasteiger partial charge on any atom is 0.455 e. The lowest BCUT2D eigenvalue weighted by molar-refractivity contribution is -0.275. The molecule has 0 aromatic heterocycles. The van der Waals surface area contributed by atoms with Crippen LogP contribution in [-0.2, 0) is 12.4 Å². The average molecular weight is 562 g/mol. The summed E-state index contributed by atoms with van der Waals surface area (Å²) in [5.41, 5.74) is -4.82. The van der Waals surface area contributed by atoms with Crippen LogP contribution in [-0.4, -0.2) is 40.8 Å². The smallest absolute Gasteiger partial charge is 0.455 e. The molecule has 3 N–H and O–H groups in total. The summed E-state index contributed by atoms with van der Waals surface area (Å²) in [6.45, 7) is -2.01. The van der Waals surface area contributed by atoms with Crippen LogP contribution < -0.4 is 5.32 Å². The third-order valence-corrected chi connectivity index (χ3v) is 4.35. The van der Waals surface area contributed by atoms with E-state index in [9.17, 15) is 57.9 Å². The monoisotopic (exact) mass is 561 g/mol. The van der Waals surface area contributed by atoms with E-state index in [1.165, 1.54) is 5.32 Å². The molecule has 0 saturated heterocycles. The SMILES string of the molecule is O=C(O)c1cc(C(F)(F)F)ccc1Cl.O=C(O)c1cc(C(F)(F)F)ccc1NCC(F)(F)C(F)(F)F. The minimum atomic E-state index is -5.88. The molecule has 0 heterocycles. The van der Waals surface area contributed by atoms with Crippen molar-refractivity contribution in [3.8, 4) is 0 Å². The highest BCUT2D eigenvalue weighted by Gasteiger charge is 2.57. The minimum absolute atomic E-state index is 0.135. The molecule has 0 aliphatic carbocycles. The minimum Gasteiger partial charge on any atom is -0.478 e. The second-order valence-corrected chi connectivity index (χ2v) is 7.02. The standard InChI is InChI=1S/C11H7F8NO2.C8H4ClF3O2/c12-9(13,11(17,18)19)4-20-7-2-1-5(10(14,15)16)3-6(7)8(21)22;9-6-2-1-4(8(10,11)12)3-5(6)7(13)14/h1-3,20H,4H2,(H,21,22);1-3H,(H,13,14). The second kappa shape index (κ2) is 10.8. The van der Waals surface area contributed by atoms with Crippen molar-refractivity contribution in [2.75, 3.05) is 11.9 Å². The molecule has 17 heteroatoms. The first-order valence-electron chi connectivity index (χ1n) is 8.81. The van der Waals surface area contributed by atoms with Gasteiger partial charge in [-0.25, -0.2) is 9.59 Å². The molecule has 0 amide bonds. The largest absolute Gasteiger partial charge is 0.478 e. The van der Waals surface area contributed by atoms with Crippen LogP contribution in [0.3, 0.4) is 0 Å². The molecule has 0 spiro atoms. The topological polar surface area (TPSA) is 86.6 Å². The quantitative estimate of drug-likeness (QED) is 0.340. The molecule has 0 saturated carbocycles. The molecule has 2 rings (SSSR count). The summed E-state index contributed by atoms with van der Waals surface area (Å²) in [5, 5.41) is 18.5. The van der Waals surface area contributed by atoms with Crippen molar-refractivity contribution in [3.63, 3.8) is 0 Å². The van der Waals surface area contributed by atoms with E-state index in [2.05, 4.69) is 0 Å². The maximum absolute atomic E-state index is 12.7. The molecule has 200 valence electrons. The van der Waals surface area contributed by atoms with E-state index < -0.39 is 70.9 Å². The van der Waals surface area contributed by atoms with E-state index in [1.807, 2.05) is 0 Å². The zero-order valence-corrected chi connectivity index (χ0v) is 17.7. The van der Waals surface area contributed by atoms with E-state index in [0.717, 1.165) is 12.1 Å². The van der Waals surface area contributed by atoms with Crippen molar-refractivity contribution in [2.24, 2.45) is 0 Å². The van der Waals surface area contributed by atoms with Crippen molar-refractivity contribution < 1.29 is 68.1 Å². The highest BCUT2D eigenvalue weighted by atomic mass is 35.5. The molecule has 0 bridgehead atoms. The van der Waals surface area contributed by atoms with Crippen LogP contribution in [0.25, 0.3) is 0 Å². The Bertz CT molecular complexity index is 1110. The number of carboxylic acid groups (broad SMARTS) is 2. The van der Waals surface area contributed by atoms with Gasteiger partial charge in [-0.1, -0.05) is 11.6 Å². The van der Waals surface area contributed by atoms with E-state index in [1.54, 1.807) is 0 Å². The molecule has 2 aromatic carbocycles. The van der Waals surface area contributed by atoms with Gasteiger partial charge in [-0.05, 0) is 36.4 Å². The number of benzene rings is 2. The fraction of sp³-hybridized carbons (Fsp3) is 0.263. The molecule has 0 fully saturated rings. The first kappa shape index (κ1) is 30.7. The van der Waals surface area contributed by atoms with Gasteiger partial charge in [-0.2, -0.15) is 48.3 Å². The molecular weight excluding hydrogens is 551 g/mol. The number of halogens is 12. The number of rotatable bonds is 5. The normalized spacial score (nSPS) is 12.4. The van der Waals surface area contributed by atoms with Gasteiger partial charge >= 0.3 is 36.4 Å². The number of aromatic carboxylic acids is 2.